The molecule has 102 valence electrons. The van der Waals surface area contributed by atoms with Gasteiger partial charge in [0.15, 0.2) is 0 Å². The van der Waals surface area contributed by atoms with Gasteiger partial charge in [-0.1, -0.05) is 0 Å². The number of thioether (sulfide) groups is 1. The van der Waals surface area contributed by atoms with E-state index in [9.17, 15) is 8.78 Å². The van der Waals surface area contributed by atoms with E-state index in [4.69, 9.17) is 5.73 Å². The van der Waals surface area contributed by atoms with Gasteiger partial charge in [0, 0.05) is 26.8 Å². The average Bonchev–Trinajstić information content (AvgIpc) is 2.74. The first-order valence-electron chi connectivity index (χ1n) is 5.91. The molecule has 2 aromatic rings. The number of hydrogen-bond donors (Lipinski definition) is 1. The molecular formula is C14H15F2NS2. The van der Waals surface area contributed by atoms with E-state index in [1.165, 1.54) is 28.8 Å². The van der Waals surface area contributed by atoms with Gasteiger partial charge >= 0.3 is 0 Å². The van der Waals surface area contributed by atoms with Gasteiger partial charge in [-0.15, -0.1) is 23.1 Å². The van der Waals surface area contributed by atoms with E-state index in [1.807, 2.05) is 26.0 Å². The molecule has 1 heterocycles. The van der Waals surface area contributed by atoms with Crippen molar-refractivity contribution in [2.75, 3.05) is 0 Å². The molecular weight excluding hydrogens is 284 g/mol. The van der Waals surface area contributed by atoms with Gasteiger partial charge in [0.1, 0.15) is 11.6 Å². The molecule has 0 saturated heterocycles. The Hall–Kier alpha value is -0.910. The minimum absolute atomic E-state index is 0.0290. The van der Waals surface area contributed by atoms with Crippen molar-refractivity contribution in [3.8, 4) is 0 Å². The zero-order valence-electron chi connectivity index (χ0n) is 10.7. The van der Waals surface area contributed by atoms with Gasteiger partial charge in [-0.25, -0.2) is 8.78 Å². The van der Waals surface area contributed by atoms with Gasteiger partial charge in [-0.2, -0.15) is 0 Å². The summed E-state index contributed by atoms with van der Waals surface area (Å²) in [6, 6.07) is 7.56. The molecule has 5 heteroatoms. The van der Waals surface area contributed by atoms with Gasteiger partial charge in [0.25, 0.3) is 0 Å². The lowest BCUT2D eigenvalue weighted by Gasteiger charge is -2.19. The molecule has 0 aliphatic carbocycles. The van der Waals surface area contributed by atoms with Crippen molar-refractivity contribution in [1.82, 2.24) is 0 Å². The molecule has 0 spiro atoms. The van der Waals surface area contributed by atoms with Crippen LogP contribution in [-0.2, 0) is 0 Å². The number of hydrogen-bond acceptors (Lipinski definition) is 3. The molecule has 1 aromatic carbocycles. The van der Waals surface area contributed by atoms with E-state index in [1.54, 1.807) is 11.3 Å². The van der Waals surface area contributed by atoms with Crippen LogP contribution in [0.2, 0.25) is 0 Å². The minimum atomic E-state index is -0.564. The van der Waals surface area contributed by atoms with E-state index in [2.05, 4.69) is 0 Å². The van der Waals surface area contributed by atoms with Crippen LogP contribution in [-0.4, -0.2) is 6.04 Å². The second-order valence-corrected chi connectivity index (χ2v) is 6.92. The number of benzene rings is 1. The van der Waals surface area contributed by atoms with Crippen LogP contribution in [0.15, 0.2) is 35.2 Å². The van der Waals surface area contributed by atoms with Crippen LogP contribution in [0.1, 0.15) is 21.9 Å². The summed E-state index contributed by atoms with van der Waals surface area (Å²) >= 11 is 3.00. The van der Waals surface area contributed by atoms with Crippen molar-refractivity contribution in [3.63, 3.8) is 0 Å². The fourth-order valence-electron chi connectivity index (χ4n) is 1.74. The van der Waals surface area contributed by atoms with Crippen molar-refractivity contribution in [2.45, 2.75) is 30.0 Å². The molecule has 0 saturated carbocycles. The highest BCUT2D eigenvalue weighted by Gasteiger charge is 2.21. The second kappa shape index (κ2) is 6.03. The van der Waals surface area contributed by atoms with Gasteiger partial charge < -0.3 is 5.73 Å². The summed E-state index contributed by atoms with van der Waals surface area (Å²) in [4.78, 5) is 2.73. The summed E-state index contributed by atoms with van der Waals surface area (Å²) in [5, 5.41) is -0.0290. The molecule has 0 fully saturated rings. The lowest BCUT2D eigenvalue weighted by Crippen LogP contribution is -2.22. The normalized spacial score (nSPS) is 14.4. The lowest BCUT2D eigenvalue weighted by molar-refractivity contribution is 0.565. The minimum Gasteiger partial charge on any atom is -0.327 e. The molecule has 0 aliphatic heterocycles. The third-order valence-corrected chi connectivity index (χ3v) is 5.42. The van der Waals surface area contributed by atoms with E-state index < -0.39 is 11.6 Å². The largest absolute Gasteiger partial charge is 0.327 e. The fraction of sp³-hybridized carbons (Fsp3) is 0.286. The maximum Gasteiger partial charge on any atom is 0.139 e. The van der Waals surface area contributed by atoms with Gasteiger partial charge in [0.05, 0.1) is 5.25 Å². The fourth-order valence-corrected chi connectivity index (χ4v) is 4.00. The molecule has 0 bridgehead atoms. The lowest BCUT2D eigenvalue weighted by atomic mass is 10.2. The Morgan fingerprint density at radius 1 is 1.21 bits per heavy atom. The van der Waals surface area contributed by atoms with E-state index in [0.29, 0.717) is 4.90 Å². The third kappa shape index (κ3) is 3.55. The highest BCUT2D eigenvalue weighted by molar-refractivity contribution is 7.99. The molecule has 1 aromatic heterocycles. The highest BCUT2D eigenvalue weighted by Crippen LogP contribution is 2.41. The summed E-state index contributed by atoms with van der Waals surface area (Å²) in [6.07, 6.45) is 0. The third-order valence-electron chi connectivity index (χ3n) is 2.67. The van der Waals surface area contributed by atoms with Crippen molar-refractivity contribution < 1.29 is 8.78 Å². The first kappa shape index (κ1) is 14.5. The monoisotopic (exact) mass is 299 g/mol. The molecule has 1 nitrogen and oxygen atoms in total. The number of halogens is 2. The average molecular weight is 299 g/mol. The van der Waals surface area contributed by atoms with Crippen LogP contribution >= 0.6 is 23.1 Å². The molecule has 0 amide bonds. The van der Waals surface area contributed by atoms with Crippen molar-refractivity contribution in [1.29, 1.82) is 0 Å². The topological polar surface area (TPSA) is 26.0 Å². The van der Waals surface area contributed by atoms with E-state index >= 15 is 0 Å². The van der Waals surface area contributed by atoms with Crippen molar-refractivity contribution in [2.24, 2.45) is 5.73 Å². The smallest absolute Gasteiger partial charge is 0.139 e. The Bertz CT molecular complexity index is 566. The standard InChI is InChI=1S/C14H15F2NS2/c1-8-3-5-13(18-8)14(9(2)17)19-12-6-4-10(15)7-11(12)16/h3-7,9,14H,17H2,1-2H3. The number of aryl methyl sites for hydroxylation is 1. The first-order valence-corrected chi connectivity index (χ1v) is 7.60. The molecule has 2 N–H and O–H groups in total. The van der Waals surface area contributed by atoms with Crippen LogP contribution in [0.3, 0.4) is 0 Å². The zero-order chi connectivity index (χ0) is 14.0. The molecule has 2 rings (SSSR count). The van der Waals surface area contributed by atoms with Crippen molar-refractivity contribution >= 4 is 23.1 Å². The highest BCUT2D eigenvalue weighted by atomic mass is 32.2. The summed E-state index contributed by atoms with van der Waals surface area (Å²) in [7, 11) is 0. The van der Waals surface area contributed by atoms with Crippen molar-refractivity contribution in [3.05, 3.63) is 51.7 Å². The maximum absolute atomic E-state index is 13.7. The second-order valence-electron chi connectivity index (χ2n) is 4.42. The molecule has 2 unspecified atom stereocenters. The predicted octanol–water partition coefficient (Wildman–Crippen LogP) is 4.52. The number of rotatable bonds is 4. The summed E-state index contributed by atoms with van der Waals surface area (Å²) in [5.41, 5.74) is 6.00. The summed E-state index contributed by atoms with van der Waals surface area (Å²) in [6.45, 7) is 3.92. The zero-order valence-corrected chi connectivity index (χ0v) is 12.3. The SMILES string of the molecule is Cc1ccc(C(Sc2ccc(F)cc2F)C(C)N)s1. The molecule has 0 aliphatic rings. The van der Waals surface area contributed by atoms with Crippen LogP contribution in [0.5, 0.6) is 0 Å². The maximum atomic E-state index is 13.7. The number of thiophene rings is 1. The summed E-state index contributed by atoms with van der Waals surface area (Å²) < 4.78 is 26.6. The first-order chi connectivity index (χ1) is 8.97. The Morgan fingerprint density at radius 2 is 1.95 bits per heavy atom. The van der Waals surface area contributed by atoms with E-state index in [-0.39, 0.29) is 11.3 Å². The van der Waals surface area contributed by atoms with Crippen LogP contribution in [0, 0.1) is 18.6 Å². The van der Waals surface area contributed by atoms with Gasteiger partial charge in [-0.3, -0.25) is 0 Å². The Morgan fingerprint density at radius 3 is 2.47 bits per heavy atom. The van der Waals surface area contributed by atoms with Gasteiger partial charge in [0.2, 0.25) is 0 Å². The van der Waals surface area contributed by atoms with Gasteiger partial charge in [-0.05, 0) is 38.1 Å². The Labute approximate surface area is 119 Å². The molecule has 0 radical (unpaired) electrons. The molecule has 19 heavy (non-hydrogen) atoms. The van der Waals surface area contributed by atoms with E-state index in [0.717, 1.165) is 10.9 Å². The predicted molar refractivity (Wildman–Crippen MR) is 77.7 cm³/mol. The Kier molecular flexibility index (Phi) is 4.60. The number of nitrogens with two attached hydrogens (primary N) is 1. The Balaban J connectivity index is 2.26. The quantitative estimate of drug-likeness (QED) is 0.840. The van der Waals surface area contributed by atoms with Crippen LogP contribution < -0.4 is 5.73 Å². The van der Waals surface area contributed by atoms with Crippen LogP contribution in [0.25, 0.3) is 0 Å². The van der Waals surface area contributed by atoms with Crippen LogP contribution in [0.4, 0.5) is 8.78 Å². The summed E-state index contributed by atoms with van der Waals surface area (Å²) in [5.74, 6) is -1.10. The molecule has 2 atom stereocenters.